The van der Waals surface area contributed by atoms with Gasteiger partial charge in [0.05, 0.1) is 16.9 Å². The van der Waals surface area contributed by atoms with Gasteiger partial charge in [0.25, 0.3) is 5.91 Å². The number of carbonyl (C=O) groups is 1. The maximum atomic E-state index is 12.8. The Morgan fingerprint density at radius 2 is 1.67 bits per heavy atom. The van der Waals surface area contributed by atoms with Crippen LogP contribution in [0.5, 0.6) is 0 Å². The molecule has 2 heterocycles. The van der Waals surface area contributed by atoms with Crippen molar-refractivity contribution in [3.05, 3.63) is 90.3 Å². The number of benzene rings is 2. The molecule has 6 heteroatoms. The summed E-state index contributed by atoms with van der Waals surface area (Å²) in [4.78, 5) is 12.8. The lowest BCUT2D eigenvalue weighted by Gasteiger charge is -2.07. The van der Waals surface area contributed by atoms with E-state index in [2.05, 4.69) is 16.0 Å². The third-order valence-electron chi connectivity index (χ3n) is 4.05. The summed E-state index contributed by atoms with van der Waals surface area (Å²) >= 11 is 0. The van der Waals surface area contributed by atoms with Crippen LogP contribution in [-0.4, -0.2) is 15.7 Å². The minimum atomic E-state index is -0.301. The molecule has 2 N–H and O–H groups in total. The van der Waals surface area contributed by atoms with E-state index < -0.39 is 0 Å². The van der Waals surface area contributed by atoms with Crippen LogP contribution in [0.1, 0.15) is 16.1 Å². The predicted octanol–water partition coefficient (Wildman–Crippen LogP) is 4.20. The summed E-state index contributed by atoms with van der Waals surface area (Å²) in [5.41, 5.74) is 8.17. The first-order chi connectivity index (χ1) is 13.2. The van der Waals surface area contributed by atoms with Crippen LogP contribution >= 0.6 is 0 Å². The highest BCUT2D eigenvalue weighted by molar-refractivity contribution is 5.99. The van der Waals surface area contributed by atoms with E-state index in [1.54, 1.807) is 10.9 Å². The van der Waals surface area contributed by atoms with Gasteiger partial charge in [-0.3, -0.25) is 15.6 Å². The largest absolute Gasteiger partial charge is 0.460 e. The molecule has 0 atom stereocenters. The molecule has 134 valence electrons. The van der Waals surface area contributed by atoms with Gasteiger partial charge in [0.15, 0.2) is 5.76 Å². The molecule has 2 aromatic heterocycles. The van der Waals surface area contributed by atoms with Gasteiger partial charge >= 0.3 is 0 Å². The molecule has 4 rings (SSSR count). The fourth-order valence-corrected chi connectivity index (χ4v) is 2.71. The summed E-state index contributed by atoms with van der Waals surface area (Å²) < 4.78 is 7.37. The molecule has 0 aliphatic carbocycles. The summed E-state index contributed by atoms with van der Waals surface area (Å²) in [7, 11) is 0. The normalized spacial score (nSPS) is 10.6. The lowest BCUT2D eigenvalue weighted by molar-refractivity contribution is 0.0963. The third-order valence-corrected chi connectivity index (χ3v) is 4.05. The molecule has 0 fully saturated rings. The zero-order chi connectivity index (χ0) is 18.6. The fourth-order valence-electron chi connectivity index (χ4n) is 2.71. The van der Waals surface area contributed by atoms with Gasteiger partial charge in [0, 0.05) is 6.20 Å². The molecule has 0 saturated heterocycles. The molecule has 1 amide bonds. The second kappa shape index (κ2) is 7.21. The number of anilines is 1. The number of aromatic nitrogens is 2. The standard InChI is InChI=1S/C21H18N4O2/c1-15-12-13-19(27-15)20-18(14-25(24-20)17-10-6-3-7-11-17)21(26)23-22-16-8-4-2-5-9-16/h2-14,22H,1H3,(H,23,26). The number of aryl methyl sites for hydroxylation is 1. The molecular weight excluding hydrogens is 340 g/mol. The molecule has 0 spiro atoms. The molecule has 0 aliphatic heterocycles. The van der Waals surface area contributed by atoms with Crippen LogP contribution in [0.3, 0.4) is 0 Å². The first kappa shape index (κ1) is 16.7. The van der Waals surface area contributed by atoms with E-state index in [0.29, 0.717) is 17.0 Å². The highest BCUT2D eigenvalue weighted by Gasteiger charge is 2.20. The lowest BCUT2D eigenvalue weighted by Crippen LogP contribution is -2.29. The van der Waals surface area contributed by atoms with Crippen molar-refractivity contribution in [1.82, 2.24) is 15.2 Å². The van der Waals surface area contributed by atoms with Crippen molar-refractivity contribution >= 4 is 11.6 Å². The van der Waals surface area contributed by atoms with Crippen molar-refractivity contribution in [3.8, 4) is 17.1 Å². The van der Waals surface area contributed by atoms with E-state index in [-0.39, 0.29) is 5.91 Å². The summed E-state index contributed by atoms with van der Waals surface area (Å²) in [5.74, 6) is 1.00. The molecule has 2 aromatic carbocycles. The van der Waals surface area contributed by atoms with Crippen molar-refractivity contribution in [2.75, 3.05) is 5.43 Å². The molecule has 6 nitrogen and oxygen atoms in total. The van der Waals surface area contributed by atoms with Gasteiger partial charge in [-0.25, -0.2) is 4.68 Å². The second-order valence-electron chi connectivity index (χ2n) is 6.03. The van der Waals surface area contributed by atoms with Gasteiger partial charge in [-0.15, -0.1) is 0 Å². The van der Waals surface area contributed by atoms with Crippen LogP contribution in [-0.2, 0) is 0 Å². The van der Waals surface area contributed by atoms with Gasteiger partial charge in [-0.05, 0) is 43.3 Å². The first-order valence-electron chi connectivity index (χ1n) is 8.54. The van der Waals surface area contributed by atoms with E-state index in [0.717, 1.165) is 17.1 Å². The van der Waals surface area contributed by atoms with E-state index in [1.165, 1.54) is 0 Å². The minimum Gasteiger partial charge on any atom is -0.460 e. The van der Waals surface area contributed by atoms with Crippen molar-refractivity contribution in [2.24, 2.45) is 0 Å². The van der Waals surface area contributed by atoms with Crippen molar-refractivity contribution in [3.63, 3.8) is 0 Å². The number of rotatable bonds is 5. The Labute approximate surface area is 156 Å². The molecular formula is C21H18N4O2. The van der Waals surface area contributed by atoms with E-state index in [1.807, 2.05) is 79.7 Å². The van der Waals surface area contributed by atoms with E-state index >= 15 is 0 Å². The van der Waals surface area contributed by atoms with Gasteiger partial charge < -0.3 is 4.42 Å². The van der Waals surface area contributed by atoms with Gasteiger partial charge in [0.2, 0.25) is 0 Å². The number of nitrogens with one attached hydrogen (secondary N) is 2. The van der Waals surface area contributed by atoms with E-state index in [9.17, 15) is 4.79 Å². The molecule has 4 aromatic rings. The van der Waals surface area contributed by atoms with Crippen LogP contribution in [0, 0.1) is 6.92 Å². The van der Waals surface area contributed by atoms with Crippen LogP contribution in [0.2, 0.25) is 0 Å². The van der Waals surface area contributed by atoms with E-state index in [4.69, 9.17) is 4.42 Å². The number of para-hydroxylation sites is 2. The lowest BCUT2D eigenvalue weighted by atomic mass is 10.2. The Bertz CT molecular complexity index is 1050. The van der Waals surface area contributed by atoms with Crippen LogP contribution in [0.25, 0.3) is 17.1 Å². The average molecular weight is 358 g/mol. The molecule has 0 unspecified atom stereocenters. The average Bonchev–Trinajstić information content (AvgIpc) is 3.34. The quantitative estimate of drug-likeness (QED) is 0.525. The smallest absolute Gasteiger partial charge is 0.273 e. The zero-order valence-corrected chi connectivity index (χ0v) is 14.7. The van der Waals surface area contributed by atoms with Crippen LogP contribution in [0.15, 0.2) is 83.4 Å². The zero-order valence-electron chi connectivity index (χ0n) is 14.7. The van der Waals surface area contributed by atoms with Gasteiger partial charge in [-0.1, -0.05) is 36.4 Å². The molecule has 0 bridgehead atoms. The monoisotopic (exact) mass is 358 g/mol. The molecule has 0 saturated carbocycles. The summed E-state index contributed by atoms with van der Waals surface area (Å²) in [6.45, 7) is 1.86. The highest BCUT2D eigenvalue weighted by atomic mass is 16.3. The Balaban J connectivity index is 1.67. The Morgan fingerprint density at radius 1 is 0.963 bits per heavy atom. The minimum absolute atomic E-state index is 0.301. The number of amides is 1. The first-order valence-corrected chi connectivity index (χ1v) is 8.54. The summed E-state index contributed by atoms with van der Waals surface area (Å²) in [5, 5.41) is 4.57. The van der Waals surface area contributed by atoms with Crippen LogP contribution in [0.4, 0.5) is 5.69 Å². The number of hydrogen-bond acceptors (Lipinski definition) is 4. The number of hydrazine groups is 1. The molecule has 0 radical (unpaired) electrons. The maximum Gasteiger partial charge on any atom is 0.273 e. The van der Waals surface area contributed by atoms with Crippen molar-refractivity contribution < 1.29 is 9.21 Å². The Morgan fingerprint density at radius 3 is 2.33 bits per heavy atom. The predicted molar refractivity (Wildman–Crippen MR) is 104 cm³/mol. The van der Waals surface area contributed by atoms with Crippen molar-refractivity contribution in [1.29, 1.82) is 0 Å². The number of nitrogens with zero attached hydrogens (tertiary/aromatic N) is 2. The molecule has 0 aliphatic rings. The van der Waals surface area contributed by atoms with Gasteiger partial charge in [-0.2, -0.15) is 5.10 Å². The van der Waals surface area contributed by atoms with Crippen LogP contribution < -0.4 is 10.9 Å². The third kappa shape index (κ3) is 3.59. The second-order valence-corrected chi connectivity index (χ2v) is 6.03. The Kier molecular flexibility index (Phi) is 4.45. The number of furan rings is 1. The summed E-state index contributed by atoms with van der Waals surface area (Å²) in [6, 6.07) is 22.7. The molecule has 27 heavy (non-hydrogen) atoms. The fraction of sp³-hybridized carbons (Fsp3) is 0.0476. The maximum absolute atomic E-state index is 12.8. The number of hydrogen-bond donors (Lipinski definition) is 2. The SMILES string of the molecule is Cc1ccc(-c2nn(-c3ccccc3)cc2C(=O)NNc2ccccc2)o1. The van der Waals surface area contributed by atoms with Crippen molar-refractivity contribution in [2.45, 2.75) is 6.92 Å². The highest BCUT2D eigenvalue weighted by Crippen LogP contribution is 2.25. The van der Waals surface area contributed by atoms with Gasteiger partial charge in [0.1, 0.15) is 11.5 Å². The number of carbonyl (C=O) groups excluding carboxylic acids is 1. The summed E-state index contributed by atoms with van der Waals surface area (Å²) in [6.07, 6.45) is 1.70. The Hall–Kier alpha value is -3.80. The topological polar surface area (TPSA) is 72.1 Å².